The zero-order chi connectivity index (χ0) is 17.9. The van der Waals surface area contributed by atoms with Crippen molar-refractivity contribution in [3.8, 4) is 0 Å². The standard InChI is InChI=1S/C21H18N2O2S/c24-20(16-10-9-14-4-1-5-15(14)12-16)22-17-6-2-7-18(13-17)23-21(25)19-8-3-11-26-19/h2-3,6-13H,1,4-5H2,(H,22,24)(H,23,25). The Hall–Kier alpha value is -2.92. The van der Waals surface area contributed by atoms with Crippen molar-refractivity contribution in [2.45, 2.75) is 19.3 Å². The fourth-order valence-electron chi connectivity index (χ4n) is 3.19. The Morgan fingerprint density at radius 3 is 2.35 bits per heavy atom. The first-order chi connectivity index (χ1) is 12.7. The van der Waals surface area contributed by atoms with Crippen molar-refractivity contribution in [2.75, 3.05) is 10.6 Å². The van der Waals surface area contributed by atoms with Gasteiger partial charge in [-0.25, -0.2) is 0 Å². The van der Waals surface area contributed by atoms with Crippen molar-refractivity contribution in [1.29, 1.82) is 0 Å². The molecule has 1 aliphatic rings. The van der Waals surface area contributed by atoms with E-state index in [1.807, 2.05) is 35.7 Å². The minimum absolute atomic E-state index is 0.138. The molecule has 4 nitrogen and oxygen atoms in total. The van der Waals surface area contributed by atoms with Crippen LogP contribution >= 0.6 is 11.3 Å². The smallest absolute Gasteiger partial charge is 0.265 e. The number of nitrogens with one attached hydrogen (secondary N) is 2. The van der Waals surface area contributed by atoms with E-state index >= 15 is 0 Å². The van der Waals surface area contributed by atoms with Gasteiger partial charge in [0.05, 0.1) is 4.88 Å². The molecule has 0 saturated carbocycles. The Balaban J connectivity index is 1.46. The Bertz CT molecular complexity index is 964. The lowest BCUT2D eigenvalue weighted by molar-refractivity contribution is 0.102. The molecule has 2 aromatic carbocycles. The topological polar surface area (TPSA) is 58.2 Å². The number of rotatable bonds is 4. The predicted octanol–water partition coefficient (Wildman–Crippen LogP) is 4.74. The second kappa shape index (κ2) is 7.14. The summed E-state index contributed by atoms with van der Waals surface area (Å²) in [5, 5.41) is 7.63. The van der Waals surface area contributed by atoms with Crippen molar-refractivity contribution < 1.29 is 9.59 Å². The third-order valence-electron chi connectivity index (χ3n) is 4.48. The maximum absolute atomic E-state index is 12.5. The van der Waals surface area contributed by atoms with Gasteiger partial charge in [-0.05, 0) is 72.2 Å². The average molecular weight is 362 g/mol. The lowest BCUT2D eigenvalue weighted by atomic mass is 10.1. The number of benzene rings is 2. The van der Waals surface area contributed by atoms with E-state index in [1.54, 1.807) is 18.2 Å². The Kier molecular flexibility index (Phi) is 4.54. The number of fused-ring (bicyclic) bond motifs is 1. The van der Waals surface area contributed by atoms with Crippen LogP contribution in [0.3, 0.4) is 0 Å². The molecule has 1 heterocycles. The molecule has 0 fully saturated rings. The zero-order valence-corrected chi connectivity index (χ0v) is 14.9. The van der Waals surface area contributed by atoms with Crippen LogP contribution in [0.1, 0.15) is 37.6 Å². The summed E-state index contributed by atoms with van der Waals surface area (Å²) < 4.78 is 0. The number of carbonyl (C=O) groups is 2. The predicted molar refractivity (Wildman–Crippen MR) is 105 cm³/mol. The van der Waals surface area contributed by atoms with Crippen LogP contribution in [0.5, 0.6) is 0 Å². The summed E-state index contributed by atoms with van der Waals surface area (Å²) in [5.41, 5.74) is 4.59. The molecule has 130 valence electrons. The number of carbonyl (C=O) groups excluding carboxylic acids is 2. The lowest BCUT2D eigenvalue weighted by Gasteiger charge is -2.09. The monoisotopic (exact) mass is 362 g/mol. The van der Waals surface area contributed by atoms with E-state index in [9.17, 15) is 9.59 Å². The van der Waals surface area contributed by atoms with Crippen molar-refractivity contribution in [3.05, 3.63) is 81.5 Å². The highest BCUT2D eigenvalue weighted by atomic mass is 32.1. The molecule has 0 radical (unpaired) electrons. The fourth-order valence-corrected chi connectivity index (χ4v) is 3.81. The van der Waals surface area contributed by atoms with Crippen molar-refractivity contribution in [2.24, 2.45) is 0 Å². The molecule has 0 unspecified atom stereocenters. The lowest BCUT2D eigenvalue weighted by Crippen LogP contribution is -2.13. The molecule has 0 atom stereocenters. The van der Waals surface area contributed by atoms with Crippen LogP contribution in [0, 0.1) is 0 Å². The zero-order valence-electron chi connectivity index (χ0n) is 14.1. The summed E-state index contributed by atoms with van der Waals surface area (Å²) in [6, 6.07) is 16.7. The molecule has 2 amide bonds. The first-order valence-electron chi connectivity index (χ1n) is 8.57. The highest BCUT2D eigenvalue weighted by Gasteiger charge is 2.14. The van der Waals surface area contributed by atoms with Crippen LogP contribution in [0.15, 0.2) is 60.0 Å². The van der Waals surface area contributed by atoms with Crippen LogP contribution in [0.4, 0.5) is 11.4 Å². The van der Waals surface area contributed by atoms with E-state index in [4.69, 9.17) is 0 Å². The van der Waals surface area contributed by atoms with Gasteiger partial charge in [0.2, 0.25) is 0 Å². The van der Waals surface area contributed by atoms with Gasteiger partial charge in [-0.15, -0.1) is 11.3 Å². The molecule has 0 aliphatic heterocycles. The molecule has 1 aromatic heterocycles. The second-order valence-corrected chi connectivity index (χ2v) is 7.25. The van der Waals surface area contributed by atoms with Crippen LogP contribution in [0.2, 0.25) is 0 Å². The first-order valence-corrected chi connectivity index (χ1v) is 9.45. The van der Waals surface area contributed by atoms with Gasteiger partial charge in [0, 0.05) is 16.9 Å². The number of aryl methyl sites for hydroxylation is 2. The number of amides is 2. The maximum Gasteiger partial charge on any atom is 0.265 e. The molecule has 2 N–H and O–H groups in total. The molecule has 0 spiro atoms. The molecular formula is C21H18N2O2S. The average Bonchev–Trinajstić information content (AvgIpc) is 3.33. The van der Waals surface area contributed by atoms with E-state index in [-0.39, 0.29) is 11.8 Å². The van der Waals surface area contributed by atoms with Crippen molar-refractivity contribution in [1.82, 2.24) is 0 Å². The quantitative estimate of drug-likeness (QED) is 0.704. The molecule has 26 heavy (non-hydrogen) atoms. The van der Waals surface area contributed by atoms with E-state index in [0.717, 1.165) is 19.3 Å². The SMILES string of the molecule is O=C(Nc1cccc(NC(=O)c2cccs2)c1)c1ccc2c(c1)CCC2. The van der Waals surface area contributed by atoms with Crippen molar-refractivity contribution >= 4 is 34.5 Å². The second-order valence-electron chi connectivity index (χ2n) is 6.30. The fraction of sp³-hybridized carbons (Fsp3) is 0.143. The van der Waals surface area contributed by atoms with Gasteiger partial charge in [0.25, 0.3) is 11.8 Å². The van der Waals surface area contributed by atoms with Gasteiger partial charge in [0.15, 0.2) is 0 Å². The Morgan fingerprint density at radius 2 is 1.58 bits per heavy atom. The number of thiophene rings is 1. The highest BCUT2D eigenvalue weighted by Crippen LogP contribution is 2.24. The van der Waals surface area contributed by atoms with Gasteiger partial charge >= 0.3 is 0 Å². The molecular weight excluding hydrogens is 344 g/mol. The molecule has 3 aromatic rings. The van der Waals surface area contributed by atoms with E-state index in [0.29, 0.717) is 21.8 Å². The van der Waals surface area contributed by atoms with Crippen LogP contribution in [-0.2, 0) is 12.8 Å². The van der Waals surface area contributed by atoms with Gasteiger partial charge in [0.1, 0.15) is 0 Å². The van der Waals surface area contributed by atoms with Crippen LogP contribution < -0.4 is 10.6 Å². The number of hydrogen-bond acceptors (Lipinski definition) is 3. The summed E-state index contributed by atoms with van der Waals surface area (Å²) >= 11 is 1.39. The molecule has 0 bridgehead atoms. The molecule has 4 rings (SSSR count). The molecule has 0 saturated heterocycles. The largest absolute Gasteiger partial charge is 0.322 e. The number of anilines is 2. The Labute approximate surface area is 155 Å². The molecule has 1 aliphatic carbocycles. The van der Waals surface area contributed by atoms with Gasteiger partial charge in [-0.3, -0.25) is 9.59 Å². The van der Waals surface area contributed by atoms with Crippen molar-refractivity contribution in [3.63, 3.8) is 0 Å². The minimum Gasteiger partial charge on any atom is -0.322 e. The van der Waals surface area contributed by atoms with Crippen LogP contribution in [0.25, 0.3) is 0 Å². The number of hydrogen-bond donors (Lipinski definition) is 2. The van der Waals surface area contributed by atoms with E-state index in [1.165, 1.54) is 22.5 Å². The summed E-state index contributed by atoms with van der Waals surface area (Å²) in [5.74, 6) is -0.288. The highest BCUT2D eigenvalue weighted by molar-refractivity contribution is 7.12. The Morgan fingerprint density at radius 1 is 0.808 bits per heavy atom. The third kappa shape index (κ3) is 3.53. The minimum atomic E-state index is -0.151. The summed E-state index contributed by atoms with van der Waals surface area (Å²) in [6.07, 6.45) is 3.30. The summed E-state index contributed by atoms with van der Waals surface area (Å²) in [7, 11) is 0. The third-order valence-corrected chi connectivity index (χ3v) is 5.35. The normalized spacial score (nSPS) is 12.5. The van der Waals surface area contributed by atoms with Gasteiger partial charge in [-0.2, -0.15) is 0 Å². The first kappa shape index (κ1) is 16.5. The summed E-state index contributed by atoms with van der Waals surface area (Å²) in [6.45, 7) is 0. The van der Waals surface area contributed by atoms with Gasteiger partial charge < -0.3 is 10.6 Å². The molecule has 5 heteroatoms. The van der Waals surface area contributed by atoms with Crippen LogP contribution in [-0.4, -0.2) is 11.8 Å². The van der Waals surface area contributed by atoms with Gasteiger partial charge in [-0.1, -0.05) is 18.2 Å². The summed E-state index contributed by atoms with van der Waals surface area (Å²) in [4.78, 5) is 25.3. The maximum atomic E-state index is 12.5. The van der Waals surface area contributed by atoms with E-state index < -0.39 is 0 Å². The van der Waals surface area contributed by atoms with E-state index in [2.05, 4.69) is 16.7 Å².